The third-order valence-corrected chi connectivity index (χ3v) is 7.55. The Morgan fingerprint density at radius 1 is 1.10 bits per heavy atom. The standard InChI is InChI=1S/C19H22N4O5S/c1-18(2)13(17(26)27)21-14(24)12(16(21)29-18)22-15(25)11(10-8-6-5-7-9-10)23(20-28)19(22,3)4/h5-9,11-13,16H,1-4H3,(H,26,27)/t11?,12-,13+,16-/m1/s1. The van der Waals surface area contributed by atoms with E-state index in [1.807, 2.05) is 0 Å². The van der Waals surface area contributed by atoms with E-state index in [9.17, 15) is 24.4 Å². The van der Waals surface area contributed by atoms with Gasteiger partial charge in [-0.15, -0.1) is 16.7 Å². The van der Waals surface area contributed by atoms with Crippen LogP contribution in [-0.4, -0.2) is 65.6 Å². The second-order valence-electron chi connectivity index (χ2n) is 8.49. The van der Waals surface area contributed by atoms with Gasteiger partial charge in [-0.3, -0.25) is 9.59 Å². The van der Waals surface area contributed by atoms with Gasteiger partial charge in [0.2, 0.25) is 5.91 Å². The molecule has 10 heteroatoms. The number of rotatable bonds is 4. The number of fused-ring (bicyclic) bond motifs is 1. The monoisotopic (exact) mass is 418 g/mol. The Morgan fingerprint density at radius 3 is 2.28 bits per heavy atom. The quantitative estimate of drug-likeness (QED) is 0.586. The molecule has 3 saturated heterocycles. The van der Waals surface area contributed by atoms with E-state index in [4.69, 9.17) is 0 Å². The molecule has 3 aliphatic heterocycles. The number of thioether (sulfide) groups is 1. The maximum absolute atomic E-state index is 13.4. The molecule has 4 rings (SSSR count). The third kappa shape index (κ3) is 2.51. The van der Waals surface area contributed by atoms with Gasteiger partial charge in [0, 0.05) is 4.75 Å². The van der Waals surface area contributed by atoms with Gasteiger partial charge < -0.3 is 14.9 Å². The summed E-state index contributed by atoms with van der Waals surface area (Å²) in [7, 11) is 0. The molecule has 0 radical (unpaired) electrons. The van der Waals surface area contributed by atoms with Crippen molar-refractivity contribution in [3.63, 3.8) is 0 Å². The van der Waals surface area contributed by atoms with Crippen LogP contribution in [0.15, 0.2) is 35.6 Å². The van der Waals surface area contributed by atoms with Crippen molar-refractivity contribution in [3.05, 3.63) is 40.8 Å². The van der Waals surface area contributed by atoms with Crippen LogP contribution in [0.4, 0.5) is 0 Å². The second kappa shape index (κ2) is 6.19. The molecule has 29 heavy (non-hydrogen) atoms. The fourth-order valence-electron chi connectivity index (χ4n) is 4.71. The Bertz CT molecular complexity index is 905. The zero-order valence-corrected chi connectivity index (χ0v) is 17.3. The summed E-state index contributed by atoms with van der Waals surface area (Å²) in [4.78, 5) is 52.7. The van der Waals surface area contributed by atoms with Crippen LogP contribution >= 0.6 is 11.8 Å². The molecule has 0 aromatic heterocycles. The molecule has 154 valence electrons. The first-order valence-electron chi connectivity index (χ1n) is 9.27. The van der Waals surface area contributed by atoms with Gasteiger partial charge in [-0.1, -0.05) is 30.3 Å². The number of nitroso groups, excluding NO2 is 1. The third-order valence-electron chi connectivity index (χ3n) is 5.99. The summed E-state index contributed by atoms with van der Waals surface area (Å²) in [6.45, 7) is 6.90. The maximum atomic E-state index is 13.4. The van der Waals surface area contributed by atoms with Crippen molar-refractivity contribution in [2.75, 3.05) is 0 Å². The Hall–Kier alpha value is -2.62. The molecule has 9 nitrogen and oxygen atoms in total. The summed E-state index contributed by atoms with van der Waals surface area (Å²) < 4.78 is -0.699. The minimum Gasteiger partial charge on any atom is -0.480 e. The predicted molar refractivity (Wildman–Crippen MR) is 105 cm³/mol. The van der Waals surface area contributed by atoms with Crippen LogP contribution in [0, 0.1) is 4.91 Å². The van der Waals surface area contributed by atoms with Gasteiger partial charge in [-0.25, -0.2) is 9.80 Å². The van der Waals surface area contributed by atoms with Crippen LogP contribution in [-0.2, 0) is 14.4 Å². The molecule has 1 aromatic carbocycles. The Kier molecular flexibility index (Phi) is 4.20. The molecule has 2 amide bonds. The van der Waals surface area contributed by atoms with Crippen LogP contribution < -0.4 is 0 Å². The average molecular weight is 418 g/mol. The van der Waals surface area contributed by atoms with Crippen molar-refractivity contribution in [2.24, 2.45) is 5.29 Å². The lowest BCUT2D eigenvalue weighted by Gasteiger charge is -2.50. The maximum Gasteiger partial charge on any atom is 0.327 e. The Balaban J connectivity index is 1.72. The highest BCUT2D eigenvalue weighted by Gasteiger charge is 2.69. The summed E-state index contributed by atoms with van der Waals surface area (Å²) >= 11 is 1.36. The summed E-state index contributed by atoms with van der Waals surface area (Å²) in [5, 5.41) is 13.4. The van der Waals surface area contributed by atoms with Crippen molar-refractivity contribution in [1.82, 2.24) is 14.8 Å². The zero-order chi connectivity index (χ0) is 21.3. The summed E-state index contributed by atoms with van der Waals surface area (Å²) in [6, 6.07) is 6.08. The molecule has 1 unspecified atom stereocenters. The molecule has 3 aliphatic rings. The topological polar surface area (TPSA) is 111 Å². The Labute approximate surface area is 172 Å². The molecule has 0 spiro atoms. The summed E-state index contributed by atoms with van der Waals surface area (Å²) in [5.74, 6) is -1.88. The molecular formula is C19H22N4O5S. The first-order valence-corrected chi connectivity index (χ1v) is 10.2. The van der Waals surface area contributed by atoms with Crippen LogP contribution in [0.5, 0.6) is 0 Å². The second-order valence-corrected chi connectivity index (χ2v) is 10.3. The Morgan fingerprint density at radius 2 is 1.72 bits per heavy atom. The lowest BCUT2D eigenvalue weighted by atomic mass is 9.94. The van der Waals surface area contributed by atoms with E-state index in [1.54, 1.807) is 58.0 Å². The number of nitrogens with zero attached hydrogens (tertiary/aromatic N) is 4. The highest BCUT2D eigenvalue weighted by molar-refractivity contribution is 8.01. The van der Waals surface area contributed by atoms with E-state index in [0.717, 1.165) is 0 Å². The molecule has 0 saturated carbocycles. The molecule has 0 aliphatic carbocycles. The van der Waals surface area contributed by atoms with E-state index in [1.165, 1.54) is 26.6 Å². The molecular weight excluding hydrogens is 396 g/mol. The van der Waals surface area contributed by atoms with Gasteiger partial charge >= 0.3 is 5.97 Å². The number of carbonyl (C=O) groups excluding carboxylic acids is 2. The fraction of sp³-hybridized carbons (Fsp3) is 0.526. The van der Waals surface area contributed by atoms with Gasteiger partial charge in [0.15, 0.2) is 6.04 Å². The van der Waals surface area contributed by atoms with Gasteiger partial charge in [0.05, 0.1) is 5.29 Å². The number of amides is 2. The lowest BCUT2D eigenvalue weighted by Crippen LogP contribution is -2.73. The van der Waals surface area contributed by atoms with Gasteiger partial charge in [-0.2, -0.15) is 0 Å². The predicted octanol–water partition coefficient (Wildman–Crippen LogP) is 1.80. The van der Waals surface area contributed by atoms with E-state index in [2.05, 4.69) is 5.29 Å². The minimum absolute atomic E-state index is 0.393. The van der Waals surface area contributed by atoms with Crippen LogP contribution in [0.2, 0.25) is 0 Å². The van der Waals surface area contributed by atoms with Gasteiger partial charge in [-0.05, 0) is 33.3 Å². The highest BCUT2D eigenvalue weighted by Crippen LogP contribution is 2.55. The number of carboxylic acid groups (broad SMARTS) is 1. The van der Waals surface area contributed by atoms with Gasteiger partial charge in [0.25, 0.3) is 5.91 Å². The largest absolute Gasteiger partial charge is 0.480 e. The van der Waals surface area contributed by atoms with Crippen molar-refractivity contribution in [3.8, 4) is 0 Å². The lowest BCUT2D eigenvalue weighted by molar-refractivity contribution is -0.172. The van der Waals surface area contributed by atoms with Crippen molar-refractivity contribution < 1.29 is 19.5 Å². The average Bonchev–Trinajstić information content (AvgIpc) is 3.02. The summed E-state index contributed by atoms with van der Waals surface area (Å²) in [5.41, 5.74) is -0.531. The number of hydrogen-bond acceptors (Lipinski definition) is 6. The van der Waals surface area contributed by atoms with Crippen LogP contribution in [0.1, 0.15) is 39.3 Å². The molecule has 3 heterocycles. The van der Waals surface area contributed by atoms with E-state index in [0.29, 0.717) is 5.56 Å². The number of benzene rings is 1. The zero-order valence-electron chi connectivity index (χ0n) is 16.5. The fourth-order valence-corrected chi connectivity index (χ4v) is 6.38. The van der Waals surface area contributed by atoms with Gasteiger partial charge in [0.1, 0.15) is 23.1 Å². The molecule has 1 N–H and O–H groups in total. The smallest absolute Gasteiger partial charge is 0.327 e. The summed E-state index contributed by atoms with van der Waals surface area (Å²) in [6.07, 6.45) is 0. The molecule has 3 fully saturated rings. The first-order chi connectivity index (χ1) is 13.5. The van der Waals surface area contributed by atoms with Crippen molar-refractivity contribution in [1.29, 1.82) is 0 Å². The number of aliphatic carboxylic acids is 1. The molecule has 0 bridgehead atoms. The van der Waals surface area contributed by atoms with Crippen molar-refractivity contribution in [2.45, 2.75) is 61.6 Å². The van der Waals surface area contributed by atoms with Crippen LogP contribution in [0.3, 0.4) is 0 Å². The number of hydrogen-bond donors (Lipinski definition) is 1. The SMILES string of the molecule is CC1(C)S[C@@H]2[C@H](N3C(=O)C(c4ccccc4)N(N=O)C3(C)C)C(=O)N2[C@H]1C(=O)O. The van der Waals surface area contributed by atoms with Crippen molar-refractivity contribution >= 4 is 29.5 Å². The highest BCUT2D eigenvalue weighted by atomic mass is 32.2. The van der Waals surface area contributed by atoms with E-state index in [-0.39, 0.29) is 0 Å². The van der Waals surface area contributed by atoms with Crippen LogP contribution in [0.25, 0.3) is 0 Å². The number of carbonyl (C=O) groups is 3. The van der Waals surface area contributed by atoms with E-state index < -0.39 is 51.7 Å². The molecule has 1 aromatic rings. The minimum atomic E-state index is -1.14. The number of β-lactam (4-membered cyclic amide) rings is 1. The van der Waals surface area contributed by atoms with E-state index >= 15 is 0 Å². The normalized spacial score (nSPS) is 32.2. The molecule has 4 atom stereocenters. The number of carboxylic acids is 1. The first kappa shape index (κ1) is 19.7.